The first-order chi connectivity index (χ1) is 16.9. The third-order valence-corrected chi connectivity index (χ3v) is 7.10. The molecule has 1 unspecified atom stereocenters. The molecule has 2 amide bonds. The number of ether oxygens (including phenoxy) is 1. The predicted octanol–water partition coefficient (Wildman–Crippen LogP) is 3.20. The summed E-state index contributed by atoms with van der Waals surface area (Å²) >= 11 is 0. The normalized spacial score (nSPS) is 18.3. The molecule has 0 radical (unpaired) electrons. The molecule has 0 spiro atoms. The van der Waals surface area contributed by atoms with Gasteiger partial charge in [0.25, 0.3) is 0 Å². The quantitative estimate of drug-likeness (QED) is 0.569. The molecule has 2 aliphatic heterocycles. The lowest BCUT2D eigenvalue weighted by Gasteiger charge is -2.36. The zero-order valence-electron chi connectivity index (χ0n) is 20.5. The highest BCUT2D eigenvalue weighted by Gasteiger charge is 2.38. The number of amides is 2. The van der Waals surface area contributed by atoms with Crippen LogP contribution in [0.25, 0.3) is 5.69 Å². The maximum atomic E-state index is 13.3. The van der Waals surface area contributed by atoms with E-state index in [1.807, 2.05) is 65.1 Å². The zero-order valence-corrected chi connectivity index (χ0v) is 20.5. The summed E-state index contributed by atoms with van der Waals surface area (Å²) < 4.78 is 7.40. The molecular formula is C27H31N5O3. The molecule has 3 aromatic rings. The van der Waals surface area contributed by atoms with Gasteiger partial charge in [-0.2, -0.15) is 0 Å². The van der Waals surface area contributed by atoms with E-state index in [1.54, 1.807) is 18.2 Å². The highest BCUT2D eigenvalue weighted by Crippen LogP contribution is 2.29. The Bertz CT molecular complexity index is 1250. The summed E-state index contributed by atoms with van der Waals surface area (Å²) in [6.07, 6.45) is 4.00. The van der Waals surface area contributed by atoms with Gasteiger partial charge in [-0.1, -0.05) is 12.1 Å². The topological polar surface area (TPSA) is 70.9 Å². The fourth-order valence-corrected chi connectivity index (χ4v) is 4.89. The van der Waals surface area contributed by atoms with E-state index >= 15 is 0 Å². The molecule has 35 heavy (non-hydrogen) atoms. The lowest BCUT2D eigenvalue weighted by molar-refractivity contribution is -0.136. The van der Waals surface area contributed by atoms with Crippen LogP contribution < -0.4 is 14.5 Å². The largest absolute Gasteiger partial charge is 0.497 e. The lowest BCUT2D eigenvalue weighted by atomic mass is 10.1. The SMILES string of the molecule is COc1cccc(-n2ccnc2N2CCN(C(=O)C3CC(=O)N(c4ccc(C)c(C)c4)C3)CC2)c1. The van der Waals surface area contributed by atoms with Crippen molar-refractivity contribution in [2.24, 2.45) is 5.92 Å². The number of hydrogen-bond acceptors (Lipinski definition) is 5. The number of aromatic nitrogens is 2. The van der Waals surface area contributed by atoms with Gasteiger partial charge >= 0.3 is 0 Å². The van der Waals surface area contributed by atoms with Crippen molar-refractivity contribution >= 4 is 23.5 Å². The minimum atomic E-state index is -0.297. The second-order valence-corrected chi connectivity index (χ2v) is 9.29. The Labute approximate surface area is 205 Å². The highest BCUT2D eigenvalue weighted by atomic mass is 16.5. The Balaban J connectivity index is 1.23. The van der Waals surface area contributed by atoms with Crippen LogP contribution in [-0.2, 0) is 9.59 Å². The number of rotatable bonds is 5. The molecule has 8 nitrogen and oxygen atoms in total. The van der Waals surface area contributed by atoms with Crippen LogP contribution in [0.2, 0.25) is 0 Å². The molecule has 2 fully saturated rings. The molecule has 0 bridgehead atoms. The van der Waals surface area contributed by atoms with E-state index in [9.17, 15) is 9.59 Å². The Morgan fingerprint density at radius 2 is 1.80 bits per heavy atom. The van der Waals surface area contributed by atoms with Crippen molar-refractivity contribution in [2.45, 2.75) is 20.3 Å². The smallest absolute Gasteiger partial charge is 0.228 e. The summed E-state index contributed by atoms with van der Waals surface area (Å²) in [5, 5.41) is 0. The monoisotopic (exact) mass is 473 g/mol. The highest BCUT2D eigenvalue weighted by molar-refractivity contribution is 6.00. The first-order valence-electron chi connectivity index (χ1n) is 12.0. The lowest BCUT2D eigenvalue weighted by Crippen LogP contribution is -2.51. The van der Waals surface area contributed by atoms with Gasteiger partial charge in [-0.15, -0.1) is 0 Å². The van der Waals surface area contributed by atoms with Gasteiger partial charge in [0.15, 0.2) is 0 Å². The Kier molecular flexibility index (Phi) is 6.19. The van der Waals surface area contributed by atoms with Crippen molar-refractivity contribution in [3.05, 3.63) is 66.0 Å². The van der Waals surface area contributed by atoms with Crippen molar-refractivity contribution in [3.63, 3.8) is 0 Å². The van der Waals surface area contributed by atoms with Crippen LogP contribution in [-0.4, -0.2) is 66.1 Å². The molecule has 1 atom stereocenters. The maximum absolute atomic E-state index is 13.3. The molecule has 1 aromatic heterocycles. The van der Waals surface area contributed by atoms with E-state index in [4.69, 9.17) is 4.74 Å². The van der Waals surface area contributed by atoms with Gasteiger partial charge in [-0.25, -0.2) is 4.98 Å². The second-order valence-electron chi connectivity index (χ2n) is 9.29. The standard InChI is InChI=1S/C27H31N5O3/c1-19-7-8-23(15-20(19)2)32-18-21(16-25(32)33)26(34)29-11-13-30(14-12-29)27-28-9-10-31(27)22-5-4-6-24(17-22)35-3/h4-10,15,17,21H,11-14,16,18H2,1-3H3. The van der Waals surface area contributed by atoms with E-state index in [2.05, 4.69) is 16.8 Å². The van der Waals surface area contributed by atoms with Crippen molar-refractivity contribution in [2.75, 3.05) is 49.6 Å². The fraction of sp³-hybridized carbons (Fsp3) is 0.370. The van der Waals surface area contributed by atoms with Crippen molar-refractivity contribution in [1.82, 2.24) is 14.5 Å². The molecule has 3 heterocycles. The average molecular weight is 474 g/mol. The van der Waals surface area contributed by atoms with Gasteiger partial charge in [0, 0.05) is 63.3 Å². The zero-order chi connectivity index (χ0) is 24.5. The number of methoxy groups -OCH3 is 1. The van der Waals surface area contributed by atoms with Gasteiger partial charge in [0.2, 0.25) is 17.8 Å². The summed E-state index contributed by atoms with van der Waals surface area (Å²) in [5.74, 6) is 1.43. The van der Waals surface area contributed by atoms with Crippen LogP contribution in [0, 0.1) is 19.8 Å². The molecule has 5 rings (SSSR count). The van der Waals surface area contributed by atoms with Crippen LogP contribution in [0.15, 0.2) is 54.9 Å². The van der Waals surface area contributed by atoms with Crippen molar-refractivity contribution < 1.29 is 14.3 Å². The molecule has 0 aliphatic carbocycles. The molecule has 2 aliphatic rings. The first-order valence-corrected chi connectivity index (χ1v) is 12.0. The Morgan fingerprint density at radius 3 is 2.54 bits per heavy atom. The minimum Gasteiger partial charge on any atom is -0.497 e. The molecule has 182 valence electrons. The number of carbonyl (C=O) groups excluding carboxylic acids is 2. The summed E-state index contributed by atoms with van der Waals surface area (Å²) in [7, 11) is 1.66. The number of imidazole rings is 1. The van der Waals surface area contributed by atoms with E-state index in [0.29, 0.717) is 32.7 Å². The van der Waals surface area contributed by atoms with Crippen LogP contribution in [0.5, 0.6) is 5.75 Å². The summed E-state index contributed by atoms with van der Waals surface area (Å²) in [6.45, 7) is 7.14. The van der Waals surface area contributed by atoms with Crippen LogP contribution >= 0.6 is 0 Å². The van der Waals surface area contributed by atoms with Crippen molar-refractivity contribution in [3.8, 4) is 11.4 Å². The van der Waals surface area contributed by atoms with Gasteiger partial charge in [-0.3, -0.25) is 14.2 Å². The van der Waals surface area contributed by atoms with Crippen LogP contribution in [0.4, 0.5) is 11.6 Å². The second kappa shape index (κ2) is 9.44. The minimum absolute atomic E-state index is 0.0190. The van der Waals surface area contributed by atoms with Gasteiger partial charge in [0.05, 0.1) is 18.7 Å². The summed E-state index contributed by atoms with van der Waals surface area (Å²) in [5.41, 5.74) is 4.19. The molecule has 0 N–H and O–H groups in total. The average Bonchev–Trinajstić information content (AvgIpc) is 3.53. The van der Waals surface area contributed by atoms with Crippen LogP contribution in [0.1, 0.15) is 17.5 Å². The third kappa shape index (κ3) is 4.48. The number of nitrogens with zero attached hydrogens (tertiary/aromatic N) is 5. The summed E-state index contributed by atoms with van der Waals surface area (Å²) in [6, 6.07) is 13.9. The fourth-order valence-electron chi connectivity index (χ4n) is 4.89. The first kappa shape index (κ1) is 23.0. The molecule has 2 aromatic carbocycles. The Morgan fingerprint density at radius 1 is 1.00 bits per heavy atom. The van der Waals surface area contributed by atoms with Crippen LogP contribution in [0.3, 0.4) is 0 Å². The van der Waals surface area contributed by atoms with Gasteiger partial charge in [0.1, 0.15) is 5.75 Å². The number of piperazine rings is 1. The number of anilines is 2. The summed E-state index contributed by atoms with van der Waals surface area (Å²) in [4.78, 5) is 36.4. The van der Waals surface area contributed by atoms with E-state index < -0.39 is 0 Å². The van der Waals surface area contributed by atoms with E-state index in [-0.39, 0.29) is 24.2 Å². The predicted molar refractivity (Wildman–Crippen MR) is 135 cm³/mol. The van der Waals surface area contributed by atoms with Crippen molar-refractivity contribution in [1.29, 1.82) is 0 Å². The Hall–Kier alpha value is -3.81. The number of aryl methyl sites for hydroxylation is 2. The number of carbonyl (C=O) groups is 2. The van der Waals surface area contributed by atoms with Gasteiger partial charge < -0.3 is 19.4 Å². The molecular weight excluding hydrogens is 442 g/mol. The third-order valence-electron chi connectivity index (χ3n) is 7.10. The maximum Gasteiger partial charge on any atom is 0.228 e. The molecule has 0 saturated carbocycles. The number of benzene rings is 2. The van der Waals surface area contributed by atoms with Gasteiger partial charge in [-0.05, 0) is 49.2 Å². The molecule has 8 heteroatoms. The number of hydrogen-bond donors (Lipinski definition) is 0. The van der Waals surface area contributed by atoms with E-state index in [1.165, 1.54) is 5.56 Å². The van der Waals surface area contributed by atoms with E-state index in [0.717, 1.165) is 28.6 Å². The molecule has 2 saturated heterocycles.